The van der Waals surface area contributed by atoms with Crippen molar-refractivity contribution < 1.29 is 9.32 Å². The first-order valence-electron chi connectivity index (χ1n) is 6.98. The number of carbonyl (C=O) groups is 1. The van der Waals surface area contributed by atoms with Gasteiger partial charge in [0.25, 0.3) is 0 Å². The molecule has 0 spiro atoms. The number of likely N-dealkylation sites (tertiary alicyclic amines) is 1. The van der Waals surface area contributed by atoms with Crippen LogP contribution in [0.3, 0.4) is 0 Å². The Kier molecular flexibility index (Phi) is 3.87. The molecule has 0 aromatic carbocycles. The van der Waals surface area contributed by atoms with Crippen LogP contribution in [0.15, 0.2) is 27.4 Å². The van der Waals surface area contributed by atoms with Crippen LogP contribution < -0.4 is 0 Å². The largest absolute Gasteiger partial charge is 0.361 e. The number of piperidine rings is 1. The topological polar surface area (TPSA) is 46.3 Å². The summed E-state index contributed by atoms with van der Waals surface area (Å²) in [5.74, 6) is 0.990. The summed E-state index contributed by atoms with van der Waals surface area (Å²) in [5, 5.41) is 8.15. The maximum atomic E-state index is 12.5. The summed E-state index contributed by atoms with van der Waals surface area (Å²) in [6.45, 7) is 2.70. The molecule has 5 heteroatoms. The Morgan fingerprint density at radius 3 is 3.15 bits per heavy atom. The Bertz CT molecular complexity index is 576. The van der Waals surface area contributed by atoms with Crippen molar-refractivity contribution in [1.82, 2.24) is 10.1 Å². The van der Waals surface area contributed by atoms with Crippen LogP contribution in [-0.4, -0.2) is 22.5 Å². The molecule has 0 N–H and O–H groups in total. The zero-order valence-corrected chi connectivity index (χ0v) is 12.4. The molecule has 1 atom stereocenters. The van der Waals surface area contributed by atoms with Gasteiger partial charge in [-0.2, -0.15) is 11.3 Å². The van der Waals surface area contributed by atoms with Gasteiger partial charge in [0.1, 0.15) is 11.5 Å². The predicted molar refractivity (Wildman–Crippen MR) is 77.6 cm³/mol. The molecule has 20 heavy (non-hydrogen) atoms. The third-order valence-corrected chi connectivity index (χ3v) is 4.48. The van der Waals surface area contributed by atoms with Crippen molar-refractivity contribution in [3.8, 4) is 0 Å². The van der Waals surface area contributed by atoms with Gasteiger partial charge in [0, 0.05) is 12.6 Å². The van der Waals surface area contributed by atoms with Gasteiger partial charge in [-0.25, -0.2) is 0 Å². The number of carbonyl (C=O) groups excluding carboxylic acids is 1. The fourth-order valence-corrected chi connectivity index (χ4v) is 3.42. The van der Waals surface area contributed by atoms with Gasteiger partial charge in [-0.15, -0.1) is 0 Å². The molecule has 0 aliphatic carbocycles. The highest BCUT2D eigenvalue weighted by Crippen LogP contribution is 2.31. The number of thiophene rings is 1. The molecule has 1 aliphatic heterocycles. The summed E-state index contributed by atoms with van der Waals surface area (Å²) in [4.78, 5) is 14.5. The van der Waals surface area contributed by atoms with Gasteiger partial charge in [0.2, 0.25) is 5.91 Å². The third kappa shape index (κ3) is 2.77. The van der Waals surface area contributed by atoms with Crippen LogP contribution in [0.4, 0.5) is 0 Å². The van der Waals surface area contributed by atoms with E-state index in [0.717, 1.165) is 42.8 Å². The second kappa shape index (κ2) is 5.79. The number of amides is 1. The van der Waals surface area contributed by atoms with Crippen molar-refractivity contribution in [3.63, 3.8) is 0 Å². The average molecular weight is 290 g/mol. The van der Waals surface area contributed by atoms with Gasteiger partial charge in [0.15, 0.2) is 0 Å². The Morgan fingerprint density at radius 2 is 2.45 bits per heavy atom. The van der Waals surface area contributed by atoms with Gasteiger partial charge in [-0.05, 0) is 48.6 Å². The number of hydrogen-bond acceptors (Lipinski definition) is 4. The minimum atomic E-state index is 0.0762. The Balaban J connectivity index is 1.76. The molecule has 0 radical (unpaired) electrons. The molecule has 0 unspecified atom stereocenters. The number of rotatable bonds is 3. The van der Waals surface area contributed by atoms with Crippen LogP contribution in [0.25, 0.3) is 0 Å². The number of hydrogen-bond donors (Lipinski definition) is 0. The smallest absolute Gasteiger partial charge is 0.227 e. The molecule has 3 heterocycles. The van der Waals surface area contributed by atoms with E-state index in [-0.39, 0.29) is 11.9 Å². The van der Waals surface area contributed by atoms with Gasteiger partial charge >= 0.3 is 0 Å². The van der Waals surface area contributed by atoms with Crippen LogP contribution in [0.1, 0.15) is 42.3 Å². The average Bonchev–Trinajstić information content (AvgIpc) is 3.10. The fourth-order valence-electron chi connectivity index (χ4n) is 2.75. The van der Waals surface area contributed by atoms with E-state index in [0.29, 0.717) is 6.42 Å². The van der Waals surface area contributed by atoms with E-state index in [4.69, 9.17) is 4.52 Å². The molecule has 106 valence electrons. The van der Waals surface area contributed by atoms with Crippen LogP contribution in [-0.2, 0) is 11.2 Å². The highest BCUT2D eigenvalue weighted by Gasteiger charge is 2.29. The fraction of sp³-hybridized carbons (Fsp3) is 0.467. The van der Waals surface area contributed by atoms with E-state index in [1.165, 1.54) is 0 Å². The quantitative estimate of drug-likeness (QED) is 0.871. The molecule has 1 amide bonds. The lowest BCUT2D eigenvalue weighted by molar-refractivity contribution is -0.134. The lowest BCUT2D eigenvalue weighted by atomic mass is 9.98. The normalized spacial score (nSPS) is 19.2. The van der Waals surface area contributed by atoms with E-state index in [2.05, 4.69) is 5.16 Å². The summed E-state index contributed by atoms with van der Waals surface area (Å²) in [7, 11) is 0. The van der Waals surface area contributed by atoms with E-state index in [1.54, 1.807) is 11.3 Å². The monoisotopic (exact) mass is 290 g/mol. The molecule has 4 nitrogen and oxygen atoms in total. The molecule has 0 bridgehead atoms. The van der Waals surface area contributed by atoms with Crippen molar-refractivity contribution in [2.75, 3.05) is 6.54 Å². The predicted octanol–water partition coefficient (Wildman–Crippen LogP) is 3.34. The first-order chi connectivity index (χ1) is 9.74. The second-order valence-electron chi connectivity index (χ2n) is 5.27. The molecule has 3 rings (SSSR count). The van der Waals surface area contributed by atoms with Crippen molar-refractivity contribution in [2.45, 2.75) is 38.6 Å². The van der Waals surface area contributed by atoms with Crippen molar-refractivity contribution in [3.05, 3.63) is 39.9 Å². The maximum Gasteiger partial charge on any atom is 0.227 e. The highest BCUT2D eigenvalue weighted by atomic mass is 32.1. The summed E-state index contributed by atoms with van der Waals surface area (Å²) >= 11 is 1.63. The van der Waals surface area contributed by atoms with Gasteiger partial charge < -0.3 is 9.42 Å². The maximum absolute atomic E-state index is 12.5. The van der Waals surface area contributed by atoms with Crippen molar-refractivity contribution in [1.29, 1.82) is 0 Å². The minimum Gasteiger partial charge on any atom is -0.361 e. The van der Waals surface area contributed by atoms with Gasteiger partial charge in [-0.3, -0.25) is 4.79 Å². The highest BCUT2D eigenvalue weighted by molar-refractivity contribution is 7.07. The lowest BCUT2D eigenvalue weighted by Gasteiger charge is -2.34. The SMILES string of the molecule is Cc1cc([C@@H]2CCCCN2C(=O)Cc2ccsc2)no1. The molecule has 1 fully saturated rings. The first kappa shape index (κ1) is 13.4. The number of nitrogens with zero attached hydrogens (tertiary/aromatic N) is 2. The second-order valence-corrected chi connectivity index (χ2v) is 6.05. The minimum absolute atomic E-state index is 0.0762. The third-order valence-electron chi connectivity index (χ3n) is 3.75. The zero-order valence-electron chi connectivity index (χ0n) is 11.5. The van der Waals surface area contributed by atoms with E-state index >= 15 is 0 Å². The van der Waals surface area contributed by atoms with Crippen LogP contribution in [0, 0.1) is 6.92 Å². The van der Waals surface area contributed by atoms with E-state index < -0.39 is 0 Å². The first-order valence-corrected chi connectivity index (χ1v) is 7.92. The summed E-state index contributed by atoms with van der Waals surface area (Å²) < 4.78 is 5.17. The molecule has 2 aromatic rings. The Labute approximate surface area is 122 Å². The Hall–Kier alpha value is -1.62. The number of aryl methyl sites for hydroxylation is 1. The lowest BCUT2D eigenvalue weighted by Crippen LogP contribution is -2.39. The van der Waals surface area contributed by atoms with Crippen molar-refractivity contribution >= 4 is 17.2 Å². The summed E-state index contributed by atoms with van der Waals surface area (Å²) in [5.41, 5.74) is 1.99. The summed E-state index contributed by atoms with van der Waals surface area (Å²) in [6.07, 6.45) is 3.67. The number of aromatic nitrogens is 1. The molecular weight excluding hydrogens is 272 g/mol. The van der Waals surface area contributed by atoms with Gasteiger partial charge in [0.05, 0.1) is 12.5 Å². The molecule has 0 saturated carbocycles. The van der Waals surface area contributed by atoms with E-state index in [1.807, 2.05) is 34.7 Å². The van der Waals surface area contributed by atoms with E-state index in [9.17, 15) is 4.79 Å². The van der Waals surface area contributed by atoms with Crippen LogP contribution in [0.2, 0.25) is 0 Å². The zero-order chi connectivity index (χ0) is 13.9. The van der Waals surface area contributed by atoms with Crippen LogP contribution in [0.5, 0.6) is 0 Å². The molecule has 2 aromatic heterocycles. The standard InChI is InChI=1S/C15H18N2O2S/c1-11-8-13(16-19-11)14-4-2-3-6-17(14)15(18)9-12-5-7-20-10-12/h5,7-8,10,14H,2-4,6,9H2,1H3/t14-/m0/s1. The van der Waals surface area contributed by atoms with Crippen LogP contribution >= 0.6 is 11.3 Å². The van der Waals surface area contributed by atoms with Gasteiger partial charge in [-0.1, -0.05) is 5.16 Å². The molecule has 1 saturated heterocycles. The molecular formula is C15H18N2O2S. The molecule has 1 aliphatic rings. The summed E-state index contributed by atoms with van der Waals surface area (Å²) in [6, 6.07) is 4.04. The Morgan fingerprint density at radius 1 is 1.55 bits per heavy atom. The van der Waals surface area contributed by atoms with Crippen molar-refractivity contribution in [2.24, 2.45) is 0 Å².